The number of hydrogen-bond acceptors (Lipinski definition) is 1. The summed E-state index contributed by atoms with van der Waals surface area (Å²) in [4.78, 5) is 0. The first-order valence-electron chi connectivity index (χ1n) is 12.3. The van der Waals surface area contributed by atoms with Gasteiger partial charge in [-0.25, -0.2) is 0 Å². The Balaban J connectivity index is 1.52. The lowest BCUT2D eigenvalue weighted by molar-refractivity contribution is -0.438. The fraction of sp³-hybridized carbons (Fsp3) is 0.433. The van der Waals surface area contributed by atoms with Crippen LogP contribution in [0.25, 0.3) is 0 Å². The van der Waals surface area contributed by atoms with Gasteiger partial charge in [0.1, 0.15) is 5.75 Å². The summed E-state index contributed by atoms with van der Waals surface area (Å²) in [6.07, 6.45) is 16.1. The van der Waals surface area contributed by atoms with Crippen molar-refractivity contribution >= 4 is 11.4 Å². The van der Waals surface area contributed by atoms with Crippen molar-refractivity contribution in [2.75, 3.05) is 13.7 Å². The van der Waals surface area contributed by atoms with Crippen LogP contribution in [-0.2, 0) is 18.3 Å². The van der Waals surface area contributed by atoms with E-state index in [2.05, 4.69) is 92.1 Å². The van der Waals surface area contributed by atoms with E-state index in [4.69, 9.17) is 4.74 Å². The molecule has 2 aromatic rings. The molecule has 2 aromatic carbocycles. The lowest BCUT2D eigenvalue weighted by Crippen LogP contribution is -2.30. The molecule has 2 nitrogen and oxygen atoms in total. The zero-order valence-electron chi connectivity index (χ0n) is 20.2. The van der Waals surface area contributed by atoms with Crippen molar-refractivity contribution in [1.29, 1.82) is 0 Å². The van der Waals surface area contributed by atoms with Crippen LogP contribution in [-0.4, -0.2) is 23.9 Å². The maximum absolute atomic E-state index is 5.60. The van der Waals surface area contributed by atoms with Gasteiger partial charge in [-0.15, -0.1) is 0 Å². The van der Waals surface area contributed by atoms with E-state index in [1.807, 2.05) is 0 Å². The molecule has 1 aliphatic heterocycles. The van der Waals surface area contributed by atoms with Crippen molar-refractivity contribution in [3.05, 3.63) is 83.5 Å². The Morgan fingerprint density at radius 1 is 0.969 bits per heavy atom. The van der Waals surface area contributed by atoms with Crippen LogP contribution in [0.5, 0.6) is 5.75 Å². The topological polar surface area (TPSA) is 12.2 Å². The molecule has 0 amide bonds. The van der Waals surface area contributed by atoms with Gasteiger partial charge in [0.05, 0.1) is 12.5 Å². The van der Waals surface area contributed by atoms with E-state index in [1.165, 1.54) is 53.8 Å². The molecule has 0 radical (unpaired) electrons. The van der Waals surface area contributed by atoms with Crippen molar-refractivity contribution in [3.8, 4) is 5.75 Å². The third-order valence-corrected chi connectivity index (χ3v) is 7.64. The van der Waals surface area contributed by atoms with E-state index in [9.17, 15) is 0 Å². The normalized spacial score (nSPS) is 19.8. The number of ether oxygens (including phenoxy) is 1. The molecule has 1 heterocycles. The molecular weight excluding hydrogens is 390 g/mol. The molecule has 0 aromatic heterocycles. The van der Waals surface area contributed by atoms with Crippen molar-refractivity contribution in [1.82, 2.24) is 0 Å². The van der Waals surface area contributed by atoms with Crippen LogP contribution in [0.4, 0.5) is 5.69 Å². The predicted molar refractivity (Wildman–Crippen MR) is 136 cm³/mol. The fourth-order valence-corrected chi connectivity index (χ4v) is 5.31. The van der Waals surface area contributed by atoms with Gasteiger partial charge in [-0.2, -0.15) is 4.58 Å². The third kappa shape index (κ3) is 4.60. The SMILES string of the molecule is CCc1ccc(CC[N+]2=C(C)C(C)(CCCCC3C=CC=C3)c3cc(OC)ccc32)cc1. The smallest absolute Gasteiger partial charge is 0.209 e. The first-order valence-corrected chi connectivity index (χ1v) is 12.3. The van der Waals surface area contributed by atoms with Gasteiger partial charge in [-0.1, -0.05) is 68.3 Å². The van der Waals surface area contributed by atoms with E-state index >= 15 is 0 Å². The molecule has 4 rings (SSSR count). The molecule has 168 valence electrons. The molecule has 1 aliphatic carbocycles. The summed E-state index contributed by atoms with van der Waals surface area (Å²) >= 11 is 0. The van der Waals surface area contributed by atoms with Crippen LogP contribution in [0.2, 0.25) is 0 Å². The van der Waals surface area contributed by atoms with Gasteiger partial charge in [-0.3, -0.25) is 0 Å². The zero-order valence-corrected chi connectivity index (χ0v) is 20.2. The summed E-state index contributed by atoms with van der Waals surface area (Å²) in [5.74, 6) is 1.60. The molecule has 2 aliphatic rings. The Bertz CT molecular complexity index is 1020. The molecule has 0 spiro atoms. The molecule has 0 saturated heterocycles. The fourth-order valence-electron chi connectivity index (χ4n) is 5.31. The third-order valence-electron chi connectivity index (χ3n) is 7.64. The van der Waals surface area contributed by atoms with Crippen LogP contribution >= 0.6 is 0 Å². The average molecular weight is 429 g/mol. The monoisotopic (exact) mass is 428 g/mol. The number of unbranched alkanes of at least 4 members (excludes halogenated alkanes) is 1. The zero-order chi connectivity index (χ0) is 22.6. The van der Waals surface area contributed by atoms with E-state index in [1.54, 1.807) is 7.11 Å². The highest BCUT2D eigenvalue weighted by Crippen LogP contribution is 2.44. The minimum atomic E-state index is 0.0668. The van der Waals surface area contributed by atoms with Crippen LogP contribution in [0.1, 0.15) is 63.1 Å². The van der Waals surface area contributed by atoms with Crippen molar-refractivity contribution in [2.24, 2.45) is 5.92 Å². The van der Waals surface area contributed by atoms with Gasteiger partial charge >= 0.3 is 0 Å². The average Bonchev–Trinajstić information content (AvgIpc) is 3.42. The van der Waals surface area contributed by atoms with E-state index < -0.39 is 0 Å². The molecule has 0 fully saturated rings. The molecule has 0 bridgehead atoms. The highest BCUT2D eigenvalue weighted by Gasteiger charge is 2.46. The first kappa shape index (κ1) is 22.6. The molecular formula is C30H38NO+. The highest BCUT2D eigenvalue weighted by molar-refractivity contribution is 5.94. The van der Waals surface area contributed by atoms with Crippen molar-refractivity contribution in [3.63, 3.8) is 0 Å². The first-order chi connectivity index (χ1) is 15.5. The largest absolute Gasteiger partial charge is 0.497 e. The molecule has 0 N–H and O–H groups in total. The molecule has 2 heteroatoms. The summed E-state index contributed by atoms with van der Waals surface area (Å²) in [5.41, 5.74) is 7.15. The Morgan fingerprint density at radius 3 is 2.38 bits per heavy atom. The van der Waals surface area contributed by atoms with E-state index in [0.29, 0.717) is 5.92 Å². The second-order valence-electron chi connectivity index (χ2n) is 9.55. The van der Waals surface area contributed by atoms with Crippen LogP contribution in [0.15, 0.2) is 66.8 Å². The Kier molecular flexibility index (Phi) is 6.98. The van der Waals surface area contributed by atoms with E-state index in [0.717, 1.165) is 25.1 Å². The summed E-state index contributed by atoms with van der Waals surface area (Å²) in [6, 6.07) is 15.8. The minimum Gasteiger partial charge on any atom is -0.497 e. The van der Waals surface area contributed by atoms with Gasteiger partial charge in [-0.05, 0) is 55.4 Å². The Morgan fingerprint density at radius 2 is 1.69 bits per heavy atom. The lowest BCUT2D eigenvalue weighted by Gasteiger charge is -2.22. The van der Waals surface area contributed by atoms with Gasteiger partial charge in [0.15, 0.2) is 12.3 Å². The summed E-state index contributed by atoms with van der Waals surface area (Å²) < 4.78 is 8.16. The standard InChI is InChI=1S/C30H38NO/c1-5-24-13-15-26(16-14-24)19-21-31-23(2)30(3,20-9-8-12-25-10-6-7-11-25)28-22-27(32-4)17-18-29(28)31/h6-7,10-11,13-18,22,25H,5,8-9,12,19-21H2,1-4H3/q+1. The number of aryl methyl sites for hydroxylation is 1. The number of rotatable bonds is 10. The van der Waals surface area contributed by atoms with Gasteiger partial charge in [0, 0.05) is 25.0 Å². The maximum atomic E-state index is 5.60. The van der Waals surface area contributed by atoms with Crippen LogP contribution in [0, 0.1) is 5.92 Å². The number of allylic oxidation sites excluding steroid dienone is 4. The van der Waals surface area contributed by atoms with E-state index in [-0.39, 0.29) is 5.41 Å². The number of benzene rings is 2. The summed E-state index contributed by atoms with van der Waals surface area (Å²) in [5, 5.41) is 0. The quantitative estimate of drug-likeness (QED) is 0.288. The van der Waals surface area contributed by atoms with Crippen molar-refractivity contribution in [2.45, 2.75) is 64.7 Å². The highest BCUT2D eigenvalue weighted by atomic mass is 16.5. The van der Waals surface area contributed by atoms with Gasteiger partial charge < -0.3 is 4.74 Å². The molecule has 1 unspecified atom stereocenters. The van der Waals surface area contributed by atoms with Crippen LogP contribution in [0.3, 0.4) is 0 Å². The van der Waals surface area contributed by atoms with Crippen LogP contribution < -0.4 is 4.74 Å². The minimum absolute atomic E-state index is 0.0668. The summed E-state index contributed by atoms with van der Waals surface area (Å²) in [7, 11) is 1.77. The maximum Gasteiger partial charge on any atom is 0.209 e. The Hall–Kier alpha value is -2.61. The molecule has 1 atom stereocenters. The second-order valence-corrected chi connectivity index (χ2v) is 9.55. The predicted octanol–water partition coefficient (Wildman–Crippen LogP) is 7.18. The summed E-state index contributed by atoms with van der Waals surface area (Å²) in [6.45, 7) is 8.01. The molecule has 0 saturated carbocycles. The number of fused-ring (bicyclic) bond motifs is 1. The molecule has 32 heavy (non-hydrogen) atoms. The number of hydrogen-bond donors (Lipinski definition) is 0. The van der Waals surface area contributed by atoms with Gasteiger partial charge in [0.25, 0.3) is 0 Å². The number of nitrogens with zero attached hydrogens (tertiary/aromatic N) is 1. The lowest BCUT2D eigenvalue weighted by atomic mass is 9.75. The second kappa shape index (κ2) is 9.90. The van der Waals surface area contributed by atoms with Gasteiger partial charge in [0.2, 0.25) is 5.69 Å². The van der Waals surface area contributed by atoms with Crippen molar-refractivity contribution < 1.29 is 9.31 Å². The number of methoxy groups -OCH3 is 1. The Labute approximate surface area is 194 Å².